The van der Waals surface area contributed by atoms with Crippen LogP contribution in [0.25, 0.3) is 5.70 Å². The lowest BCUT2D eigenvalue weighted by Gasteiger charge is -2.29. The van der Waals surface area contributed by atoms with E-state index in [0.29, 0.717) is 5.69 Å². The lowest BCUT2D eigenvalue weighted by molar-refractivity contribution is -0.137. The average molecular weight is 317 g/mol. The average Bonchev–Trinajstić information content (AvgIpc) is 2.99. The maximum Gasteiger partial charge on any atom is 0.416 e. The van der Waals surface area contributed by atoms with Crippen molar-refractivity contribution in [1.29, 1.82) is 0 Å². The molecule has 0 saturated heterocycles. The number of fused-ring (bicyclic) bond motifs is 3. The molecule has 2 aliphatic rings. The molecule has 3 nitrogen and oxygen atoms in total. The molecule has 2 aromatic carbocycles. The van der Waals surface area contributed by atoms with E-state index in [9.17, 15) is 13.2 Å². The number of hydrogen-bond acceptors (Lipinski definition) is 3. The summed E-state index contributed by atoms with van der Waals surface area (Å²) in [5.41, 5.74) is 6.69. The van der Waals surface area contributed by atoms with Crippen molar-refractivity contribution < 1.29 is 13.2 Å². The molecule has 0 fully saturated rings. The first-order valence-electron chi connectivity index (χ1n) is 7.33. The fourth-order valence-corrected chi connectivity index (χ4v) is 2.95. The van der Waals surface area contributed by atoms with E-state index in [0.717, 1.165) is 36.4 Å². The van der Waals surface area contributed by atoms with Crippen LogP contribution in [0.4, 0.5) is 18.9 Å². The summed E-state index contributed by atoms with van der Waals surface area (Å²) in [6, 6.07) is 13.3. The Bertz CT molecular complexity index is 765. The quantitative estimate of drug-likeness (QED) is 0.863. The molecule has 0 unspecified atom stereocenters. The first kappa shape index (κ1) is 14.1. The maximum atomic E-state index is 12.7. The summed E-state index contributed by atoms with van der Waals surface area (Å²) in [5.74, 6) is 0. The Morgan fingerprint density at radius 3 is 2.43 bits per heavy atom. The number of benzene rings is 2. The monoisotopic (exact) mass is 317 g/mol. The van der Waals surface area contributed by atoms with Gasteiger partial charge in [0.2, 0.25) is 0 Å². The minimum atomic E-state index is -4.31. The van der Waals surface area contributed by atoms with Gasteiger partial charge in [-0.15, -0.1) is 5.53 Å². The second kappa shape index (κ2) is 5.03. The summed E-state index contributed by atoms with van der Waals surface area (Å²) in [6.07, 6.45) is -1.46. The van der Waals surface area contributed by atoms with Gasteiger partial charge in [0.05, 0.1) is 16.9 Å². The molecule has 0 aromatic heterocycles. The third-order valence-corrected chi connectivity index (χ3v) is 4.14. The third kappa shape index (κ3) is 2.45. The second-order valence-corrected chi connectivity index (χ2v) is 5.59. The molecule has 0 radical (unpaired) electrons. The van der Waals surface area contributed by atoms with E-state index >= 15 is 0 Å². The maximum absolute atomic E-state index is 12.7. The molecule has 2 aromatic rings. The van der Waals surface area contributed by atoms with E-state index in [1.807, 2.05) is 23.3 Å². The van der Waals surface area contributed by atoms with E-state index in [4.69, 9.17) is 0 Å². The molecule has 4 rings (SSSR count). The molecule has 23 heavy (non-hydrogen) atoms. The lowest BCUT2D eigenvalue weighted by atomic mass is 9.98. The van der Waals surface area contributed by atoms with Gasteiger partial charge in [-0.1, -0.05) is 24.3 Å². The van der Waals surface area contributed by atoms with Gasteiger partial charge in [0, 0.05) is 18.3 Å². The normalized spacial score (nSPS) is 16.9. The van der Waals surface area contributed by atoms with Crippen LogP contribution in [0.5, 0.6) is 0 Å². The van der Waals surface area contributed by atoms with Gasteiger partial charge in [-0.3, -0.25) is 10.0 Å². The van der Waals surface area contributed by atoms with Crippen LogP contribution in [0.3, 0.4) is 0 Å². The molecule has 0 amide bonds. The van der Waals surface area contributed by atoms with Gasteiger partial charge in [0.25, 0.3) is 0 Å². The van der Waals surface area contributed by atoms with E-state index in [1.165, 1.54) is 17.7 Å². The van der Waals surface area contributed by atoms with Crippen LogP contribution in [0.2, 0.25) is 0 Å². The van der Waals surface area contributed by atoms with Gasteiger partial charge in [-0.05, 0) is 36.2 Å². The first-order chi connectivity index (χ1) is 11.0. The Kier molecular flexibility index (Phi) is 3.09. The number of anilines is 1. The van der Waals surface area contributed by atoms with Crippen molar-refractivity contribution in [2.24, 2.45) is 0 Å². The Labute approximate surface area is 131 Å². The van der Waals surface area contributed by atoms with Gasteiger partial charge in [0.1, 0.15) is 0 Å². The Morgan fingerprint density at radius 2 is 1.70 bits per heavy atom. The zero-order valence-electron chi connectivity index (χ0n) is 12.1. The molecule has 0 saturated carbocycles. The van der Waals surface area contributed by atoms with Gasteiger partial charge >= 0.3 is 6.18 Å². The fraction of sp³-hybridized carbons (Fsp3) is 0.176. The largest absolute Gasteiger partial charge is 0.416 e. The topological polar surface area (TPSA) is 18.5 Å². The Balaban J connectivity index is 1.65. The summed E-state index contributed by atoms with van der Waals surface area (Å²) >= 11 is 0. The molecular weight excluding hydrogens is 303 g/mol. The molecule has 2 aliphatic heterocycles. The number of hydrogen-bond donors (Lipinski definition) is 1. The zero-order chi connectivity index (χ0) is 16.0. The van der Waals surface area contributed by atoms with E-state index in [2.05, 4.69) is 17.7 Å². The van der Waals surface area contributed by atoms with Gasteiger partial charge in [-0.25, -0.2) is 0 Å². The Morgan fingerprint density at radius 1 is 0.957 bits per heavy atom. The fourth-order valence-electron chi connectivity index (χ4n) is 2.95. The van der Waals surface area contributed by atoms with Gasteiger partial charge < -0.3 is 0 Å². The molecule has 118 valence electrons. The predicted octanol–water partition coefficient (Wildman–Crippen LogP) is 3.80. The SMILES string of the molecule is FC(F)(F)c1ccc(N2C=C3c4ccccc4CCN3N2)cc1. The number of alkyl halides is 3. The molecule has 6 heteroatoms. The van der Waals surface area contributed by atoms with Crippen molar-refractivity contribution in [2.45, 2.75) is 12.6 Å². The summed E-state index contributed by atoms with van der Waals surface area (Å²) in [4.78, 5) is 0. The molecule has 0 atom stereocenters. The minimum Gasteiger partial charge on any atom is -0.288 e. The van der Waals surface area contributed by atoms with Crippen LogP contribution in [0, 0.1) is 0 Å². The number of nitrogens with zero attached hydrogens (tertiary/aromatic N) is 2. The molecular formula is C17H14F3N3. The predicted molar refractivity (Wildman–Crippen MR) is 81.9 cm³/mol. The number of halogens is 3. The number of hydrazine groups is 2. The highest BCUT2D eigenvalue weighted by atomic mass is 19.4. The Hall–Kier alpha value is -2.47. The second-order valence-electron chi connectivity index (χ2n) is 5.59. The van der Waals surface area contributed by atoms with E-state index < -0.39 is 11.7 Å². The molecule has 0 aliphatic carbocycles. The summed E-state index contributed by atoms with van der Waals surface area (Å²) in [5, 5.41) is 3.76. The first-order valence-corrected chi connectivity index (χ1v) is 7.33. The minimum absolute atomic E-state index is 0.642. The highest BCUT2D eigenvalue weighted by Gasteiger charge is 2.31. The van der Waals surface area contributed by atoms with Crippen LogP contribution < -0.4 is 10.5 Å². The van der Waals surface area contributed by atoms with Crippen molar-refractivity contribution >= 4 is 11.4 Å². The zero-order valence-corrected chi connectivity index (χ0v) is 12.1. The van der Waals surface area contributed by atoms with Gasteiger partial charge in [0.15, 0.2) is 0 Å². The molecule has 0 spiro atoms. The standard InChI is InChI=1S/C17H14F3N3/c18-17(19,20)13-5-7-14(8-6-13)23-11-16-15-4-2-1-3-12(15)9-10-22(16)21-23/h1-8,11,21H,9-10H2. The van der Waals surface area contributed by atoms with Crippen LogP contribution in [-0.2, 0) is 12.6 Å². The molecule has 0 bridgehead atoms. The van der Waals surface area contributed by atoms with Crippen LogP contribution >= 0.6 is 0 Å². The van der Waals surface area contributed by atoms with Crippen molar-refractivity contribution in [2.75, 3.05) is 11.6 Å². The van der Waals surface area contributed by atoms with Crippen molar-refractivity contribution in [3.05, 3.63) is 71.4 Å². The summed E-state index contributed by atoms with van der Waals surface area (Å²) in [6.45, 7) is 0.819. The lowest BCUT2D eigenvalue weighted by Crippen LogP contribution is -2.42. The van der Waals surface area contributed by atoms with Gasteiger partial charge in [-0.2, -0.15) is 13.2 Å². The summed E-state index contributed by atoms with van der Waals surface area (Å²) in [7, 11) is 0. The summed E-state index contributed by atoms with van der Waals surface area (Å²) < 4.78 is 38.0. The number of nitrogens with one attached hydrogen (secondary N) is 1. The van der Waals surface area contributed by atoms with E-state index in [-0.39, 0.29) is 0 Å². The highest BCUT2D eigenvalue weighted by Crippen LogP contribution is 2.34. The van der Waals surface area contributed by atoms with Crippen LogP contribution in [-0.4, -0.2) is 11.6 Å². The number of rotatable bonds is 1. The van der Waals surface area contributed by atoms with Crippen molar-refractivity contribution in [3.63, 3.8) is 0 Å². The molecule has 1 N–H and O–H groups in total. The highest BCUT2D eigenvalue weighted by molar-refractivity contribution is 5.73. The molecule has 2 heterocycles. The smallest absolute Gasteiger partial charge is 0.288 e. The van der Waals surface area contributed by atoms with Crippen molar-refractivity contribution in [3.8, 4) is 0 Å². The van der Waals surface area contributed by atoms with Crippen molar-refractivity contribution in [1.82, 2.24) is 10.5 Å². The third-order valence-electron chi connectivity index (χ3n) is 4.14. The van der Waals surface area contributed by atoms with E-state index in [1.54, 1.807) is 5.01 Å². The van der Waals surface area contributed by atoms with Crippen LogP contribution in [0.15, 0.2) is 54.7 Å². The van der Waals surface area contributed by atoms with Crippen LogP contribution in [0.1, 0.15) is 16.7 Å².